The predicted molar refractivity (Wildman–Crippen MR) is 98.1 cm³/mol. The van der Waals surface area contributed by atoms with Crippen LogP contribution in [0.5, 0.6) is 5.75 Å². The number of hydrogen-bond acceptors (Lipinski definition) is 4. The Morgan fingerprint density at radius 2 is 1.88 bits per heavy atom. The minimum atomic E-state index is -0.490. The summed E-state index contributed by atoms with van der Waals surface area (Å²) < 4.78 is 10.3. The summed E-state index contributed by atoms with van der Waals surface area (Å²) in [5.41, 5.74) is 2.45. The zero-order chi connectivity index (χ0) is 18.5. The van der Waals surface area contributed by atoms with Gasteiger partial charge in [0.25, 0.3) is 5.91 Å². The van der Waals surface area contributed by atoms with Gasteiger partial charge < -0.3 is 14.8 Å². The van der Waals surface area contributed by atoms with Crippen LogP contribution in [0.4, 0.5) is 0 Å². The van der Waals surface area contributed by atoms with Crippen LogP contribution in [0.2, 0.25) is 0 Å². The van der Waals surface area contributed by atoms with Gasteiger partial charge in [0.1, 0.15) is 5.75 Å². The molecule has 136 valence electrons. The topological polar surface area (TPSA) is 64.6 Å². The van der Waals surface area contributed by atoms with Gasteiger partial charge >= 0.3 is 5.97 Å². The SMILES string of the molecule is COc1ccc(C(NC(=O)COC(=O)c2cccc(C)c2)C2CC2)cc1. The van der Waals surface area contributed by atoms with Crippen LogP contribution in [0.1, 0.15) is 40.4 Å². The summed E-state index contributed by atoms with van der Waals surface area (Å²) in [6, 6.07) is 14.7. The number of esters is 1. The van der Waals surface area contributed by atoms with Crippen molar-refractivity contribution in [3.05, 3.63) is 65.2 Å². The molecule has 1 atom stereocenters. The van der Waals surface area contributed by atoms with E-state index in [9.17, 15) is 9.59 Å². The first-order valence-electron chi connectivity index (χ1n) is 8.74. The Hall–Kier alpha value is -2.82. The fourth-order valence-corrected chi connectivity index (χ4v) is 2.92. The number of methoxy groups -OCH3 is 1. The molecule has 26 heavy (non-hydrogen) atoms. The van der Waals surface area contributed by atoms with Crippen LogP contribution < -0.4 is 10.1 Å². The van der Waals surface area contributed by atoms with Crippen molar-refractivity contribution < 1.29 is 19.1 Å². The van der Waals surface area contributed by atoms with Gasteiger partial charge in [0, 0.05) is 0 Å². The molecule has 0 saturated heterocycles. The van der Waals surface area contributed by atoms with E-state index >= 15 is 0 Å². The minimum absolute atomic E-state index is 0.0638. The van der Waals surface area contributed by atoms with E-state index in [0.29, 0.717) is 11.5 Å². The second-order valence-electron chi connectivity index (χ2n) is 6.60. The minimum Gasteiger partial charge on any atom is -0.497 e. The maximum absolute atomic E-state index is 12.3. The molecule has 1 unspecified atom stereocenters. The van der Waals surface area contributed by atoms with Crippen molar-refractivity contribution in [1.82, 2.24) is 5.32 Å². The van der Waals surface area contributed by atoms with Gasteiger partial charge in [-0.2, -0.15) is 0 Å². The predicted octanol–water partition coefficient (Wildman–Crippen LogP) is 3.43. The average molecular weight is 353 g/mol. The second kappa shape index (κ2) is 8.04. The summed E-state index contributed by atoms with van der Waals surface area (Å²) in [7, 11) is 1.62. The first-order valence-corrected chi connectivity index (χ1v) is 8.74. The van der Waals surface area contributed by atoms with Crippen molar-refractivity contribution >= 4 is 11.9 Å². The lowest BCUT2D eigenvalue weighted by atomic mass is 10.0. The quantitative estimate of drug-likeness (QED) is 0.775. The molecular formula is C21H23NO4. The number of hydrogen-bond donors (Lipinski definition) is 1. The highest BCUT2D eigenvalue weighted by Gasteiger charge is 2.33. The zero-order valence-electron chi connectivity index (χ0n) is 15.0. The first-order chi connectivity index (χ1) is 12.6. The van der Waals surface area contributed by atoms with Crippen LogP contribution in [0.25, 0.3) is 0 Å². The Morgan fingerprint density at radius 1 is 1.15 bits per heavy atom. The van der Waals surface area contributed by atoms with Crippen molar-refractivity contribution in [3.63, 3.8) is 0 Å². The van der Waals surface area contributed by atoms with Gasteiger partial charge in [0.2, 0.25) is 0 Å². The Balaban J connectivity index is 1.57. The highest BCUT2D eigenvalue weighted by atomic mass is 16.5. The van der Waals surface area contributed by atoms with Crippen LogP contribution in [0, 0.1) is 12.8 Å². The summed E-state index contributed by atoms with van der Waals surface area (Å²) in [6.45, 7) is 1.62. The van der Waals surface area contributed by atoms with E-state index < -0.39 is 5.97 Å². The zero-order valence-corrected chi connectivity index (χ0v) is 15.0. The number of rotatable bonds is 7. The Bertz CT molecular complexity index is 781. The maximum atomic E-state index is 12.3. The molecule has 2 aromatic rings. The van der Waals surface area contributed by atoms with Crippen LogP contribution >= 0.6 is 0 Å². The molecule has 0 aromatic heterocycles. The lowest BCUT2D eigenvalue weighted by molar-refractivity contribution is -0.125. The highest BCUT2D eigenvalue weighted by molar-refractivity contribution is 5.91. The third-order valence-corrected chi connectivity index (χ3v) is 4.47. The van der Waals surface area contributed by atoms with E-state index in [-0.39, 0.29) is 18.6 Å². The number of benzene rings is 2. The van der Waals surface area contributed by atoms with Crippen molar-refractivity contribution in [2.45, 2.75) is 25.8 Å². The normalized spacial score (nSPS) is 14.4. The third-order valence-electron chi connectivity index (χ3n) is 4.47. The molecule has 0 radical (unpaired) electrons. The first kappa shape index (κ1) is 18.0. The second-order valence-corrected chi connectivity index (χ2v) is 6.60. The van der Waals surface area contributed by atoms with Crippen LogP contribution in [0.3, 0.4) is 0 Å². The van der Waals surface area contributed by atoms with E-state index in [1.54, 1.807) is 25.3 Å². The van der Waals surface area contributed by atoms with Crippen molar-refractivity contribution in [2.24, 2.45) is 5.92 Å². The largest absolute Gasteiger partial charge is 0.497 e. The van der Waals surface area contributed by atoms with Crippen LogP contribution in [-0.2, 0) is 9.53 Å². The number of aryl methyl sites for hydroxylation is 1. The molecule has 0 spiro atoms. The Kier molecular flexibility index (Phi) is 5.56. The molecule has 1 fully saturated rings. The van der Waals surface area contributed by atoms with Gasteiger partial charge in [-0.3, -0.25) is 4.79 Å². The number of ether oxygens (including phenoxy) is 2. The van der Waals surface area contributed by atoms with Crippen molar-refractivity contribution in [2.75, 3.05) is 13.7 Å². The van der Waals surface area contributed by atoms with Gasteiger partial charge in [0.15, 0.2) is 6.61 Å². The molecule has 5 nitrogen and oxygen atoms in total. The summed E-state index contributed by atoms with van der Waals surface area (Å²) in [5, 5.41) is 2.99. The molecule has 5 heteroatoms. The van der Waals surface area contributed by atoms with E-state index in [2.05, 4.69) is 5.32 Å². The average Bonchev–Trinajstić information content (AvgIpc) is 3.49. The molecule has 2 aromatic carbocycles. The molecule has 1 amide bonds. The lowest BCUT2D eigenvalue weighted by Gasteiger charge is -2.19. The smallest absolute Gasteiger partial charge is 0.338 e. The van der Waals surface area contributed by atoms with Crippen molar-refractivity contribution in [1.29, 1.82) is 0 Å². The third kappa shape index (κ3) is 4.63. The molecule has 0 aliphatic heterocycles. The molecule has 1 saturated carbocycles. The molecule has 1 aliphatic carbocycles. The van der Waals surface area contributed by atoms with Gasteiger partial charge in [-0.15, -0.1) is 0 Å². The van der Waals surface area contributed by atoms with Crippen molar-refractivity contribution in [3.8, 4) is 5.75 Å². The molecule has 1 aliphatic rings. The molecule has 0 heterocycles. The van der Waals surface area contributed by atoms with Gasteiger partial charge in [-0.25, -0.2) is 4.79 Å². The fourth-order valence-electron chi connectivity index (χ4n) is 2.92. The van der Waals surface area contributed by atoms with Crippen LogP contribution in [0.15, 0.2) is 48.5 Å². The lowest BCUT2D eigenvalue weighted by Crippen LogP contribution is -2.33. The molecule has 0 bridgehead atoms. The van der Waals surface area contributed by atoms with Gasteiger partial charge in [-0.05, 0) is 55.5 Å². The maximum Gasteiger partial charge on any atom is 0.338 e. The summed E-state index contributed by atoms with van der Waals surface area (Å²) >= 11 is 0. The van der Waals surface area contributed by atoms with Gasteiger partial charge in [-0.1, -0.05) is 29.8 Å². The molecule has 1 N–H and O–H groups in total. The fraction of sp³-hybridized carbons (Fsp3) is 0.333. The van der Waals surface area contributed by atoms with E-state index in [4.69, 9.17) is 9.47 Å². The molecular weight excluding hydrogens is 330 g/mol. The molecule has 3 rings (SSSR count). The Morgan fingerprint density at radius 3 is 2.50 bits per heavy atom. The summed E-state index contributed by atoms with van der Waals surface area (Å²) in [4.78, 5) is 24.3. The number of nitrogens with one attached hydrogen (secondary N) is 1. The van der Waals surface area contributed by atoms with E-state index in [1.165, 1.54) is 0 Å². The van der Waals surface area contributed by atoms with E-state index in [0.717, 1.165) is 29.7 Å². The highest BCUT2D eigenvalue weighted by Crippen LogP contribution is 2.41. The number of carbonyl (C=O) groups excluding carboxylic acids is 2. The standard InChI is InChI=1S/C21H23NO4/c1-14-4-3-5-17(12-14)21(24)26-13-19(23)22-20(15-6-7-15)16-8-10-18(25-2)11-9-16/h3-5,8-12,15,20H,6-7,13H2,1-2H3,(H,22,23). The summed E-state index contributed by atoms with van der Waals surface area (Å²) in [6.07, 6.45) is 2.17. The number of carbonyl (C=O) groups is 2. The monoisotopic (exact) mass is 353 g/mol. The Labute approximate surface area is 153 Å². The van der Waals surface area contributed by atoms with Crippen LogP contribution in [-0.4, -0.2) is 25.6 Å². The van der Waals surface area contributed by atoms with Gasteiger partial charge in [0.05, 0.1) is 18.7 Å². The van der Waals surface area contributed by atoms with E-state index in [1.807, 2.05) is 37.3 Å². The number of amides is 1. The summed E-state index contributed by atoms with van der Waals surface area (Å²) in [5.74, 6) is 0.427.